The van der Waals surface area contributed by atoms with Crippen LogP contribution < -0.4 is 0 Å². The van der Waals surface area contributed by atoms with E-state index in [2.05, 4.69) is 6.92 Å². The zero-order valence-electron chi connectivity index (χ0n) is 18.8. The molecule has 0 radical (unpaired) electrons. The highest BCUT2D eigenvalue weighted by molar-refractivity contribution is 5.94. The summed E-state index contributed by atoms with van der Waals surface area (Å²) in [4.78, 5) is 26.2. The normalized spacial score (nSPS) is 14.6. The number of rotatable bonds is 13. The van der Waals surface area contributed by atoms with Gasteiger partial charge in [-0.25, -0.2) is 8.78 Å². The van der Waals surface area contributed by atoms with E-state index in [-0.39, 0.29) is 17.5 Å². The Morgan fingerprint density at radius 1 is 0.935 bits per heavy atom. The summed E-state index contributed by atoms with van der Waals surface area (Å²) in [7, 11) is 0. The molecule has 1 aliphatic heterocycles. The Bertz CT molecular complexity index is 687. The van der Waals surface area contributed by atoms with E-state index in [1.165, 1.54) is 56.3 Å². The summed E-state index contributed by atoms with van der Waals surface area (Å²) in [5.41, 5.74) is -0.262. The number of hydrogen-bond acceptors (Lipinski definition) is 3. The van der Waals surface area contributed by atoms with Crippen molar-refractivity contribution in [2.75, 3.05) is 19.7 Å². The third-order valence-corrected chi connectivity index (χ3v) is 6.02. The Hall–Kier alpha value is -1.98. The van der Waals surface area contributed by atoms with Gasteiger partial charge in [0.15, 0.2) is 0 Å². The topological polar surface area (TPSA) is 46.6 Å². The molecule has 1 heterocycles. The fraction of sp³-hybridized carbons (Fsp3) is 0.680. The number of unbranched alkanes of at least 4 members (excludes halogenated alkanes) is 9. The van der Waals surface area contributed by atoms with Crippen molar-refractivity contribution in [3.63, 3.8) is 0 Å². The Kier molecular flexibility index (Phi) is 11.5. The number of piperidine rings is 1. The van der Waals surface area contributed by atoms with Gasteiger partial charge in [0.25, 0.3) is 5.91 Å². The SMILES string of the molecule is CCCCCCCCCCCCOC(=O)C1CCN(C(=O)c2cc(F)ccc2F)CC1. The monoisotopic (exact) mass is 437 g/mol. The number of carbonyl (C=O) groups excluding carboxylic acids is 2. The van der Waals surface area contributed by atoms with Gasteiger partial charge in [0, 0.05) is 13.1 Å². The first-order valence-electron chi connectivity index (χ1n) is 11.9. The van der Waals surface area contributed by atoms with Gasteiger partial charge < -0.3 is 9.64 Å². The largest absolute Gasteiger partial charge is 0.465 e. The second kappa shape index (κ2) is 14.2. The van der Waals surface area contributed by atoms with E-state index in [1.54, 1.807) is 0 Å². The maximum atomic E-state index is 13.8. The third kappa shape index (κ3) is 8.96. The van der Waals surface area contributed by atoms with Crippen LogP contribution in [0.25, 0.3) is 0 Å². The number of ether oxygens (including phenoxy) is 1. The highest BCUT2D eigenvalue weighted by Gasteiger charge is 2.29. The maximum absolute atomic E-state index is 13.8. The van der Waals surface area contributed by atoms with Gasteiger partial charge in [0.05, 0.1) is 18.1 Å². The summed E-state index contributed by atoms with van der Waals surface area (Å²) in [5, 5.41) is 0. The summed E-state index contributed by atoms with van der Waals surface area (Å²) in [6, 6.07) is 2.87. The van der Waals surface area contributed by atoms with Crippen molar-refractivity contribution in [2.45, 2.75) is 84.0 Å². The number of benzene rings is 1. The molecule has 31 heavy (non-hydrogen) atoms. The van der Waals surface area contributed by atoms with Gasteiger partial charge in [-0.05, 0) is 37.5 Å². The molecular formula is C25H37F2NO3. The standard InChI is InChI=1S/C25H37F2NO3/c1-2-3-4-5-6-7-8-9-10-11-18-31-25(30)20-14-16-28(17-15-20)24(29)22-19-21(26)12-13-23(22)27/h12-13,19-20H,2-11,14-18H2,1H3. The molecular weight excluding hydrogens is 400 g/mol. The molecule has 1 saturated heterocycles. The van der Waals surface area contributed by atoms with Crippen molar-refractivity contribution < 1.29 is 23.1 Å². The molecule has 0 aliphatic carbocycles. The summed E-state index contributed by atoms with van der Waals surface area (Å²) in [5.74, 6) is -2.35. The van der Waals surface area contributed by atoms with Crippen LogP contribution in [-0.2, 0) is 9.53 Å². The molecule has 6 heteroatoms. The molecule has 1 amide bonds. The van der Waals surface area contributed by atoms with Gasteiger partial charge in [-0.3, -0.25) is 9.59 Å². The van der Waals surface area contributed by atoms with Gasteiger partial charge in [-0.2, -0.15) is 0 Å². The molecule has 1 aliphatic rings. The molecule has 0 unspecified atom stereocenters. The molecule has 0 aromatic heterocycles. The van der Waals surface area contributed by atoms with Crippen LogP contribution >= 0.6 is 0 Å². The second-order valence-corrected chi connectivity index (χ2v) is 8.54. The molecule has 2 rings (SSSR count). The summed E-state index contributed by atoms with van der Waals surface area (Å²) < 4.78 is 32.6. The zero-order chi connectivity index (χ0) is 22.5. The first-order valence-corrected chi connectivity index (χ1v) is 11.9. The van der Waals surface area contributed by atoms with Gasteiger partial charge in [0.2, 0.25) is 0 Å². The predicted molar refractivity (Wildman–Crippen MR) is 118 cm³/mol. The predicted octanol–water partition coefficient (Wildman–Crippen LogP) is 6.28. The average molecular weight is 438 g/mol. The van der Waals surface area contributed by atoms with Crippen LogP contribution in [0.1, 0.15) is 94.3 Å². The summed E-state index contributed by atoms with van der Waals surface area (Å²) in [6.45, 7) is 3.36. The molecule has 1 aromatic carbocycles. The number of carbonyl (C=O) groups is 2. The van der Waals surface area contributed by atoms with Crippen molar-refractivity contribution >= 4 is 11.9 Å². The van der Waals surface area contributed by atoms with Crippen LogP contribution in [0.3, 0.4) is 0 Å². The van der Waals surface area contributed by atoms with Crippen molar-refractivity contribution in [2.24, 2.45) is 5.92 Å². The number of nitrogens with zero attached hydrogens (tertiary/aromatic N) is 1. The minimum atomic E-state index is -0.732. The molecule has 174 valence electrons. The molecule has 0 bridgehead atoms. The van der Waals surface area contributed by atoms with E-state index in [0.29, 0.717) is 32.5 Å². The van der Waals surface area contributed by atoms with Gasteiger partial charge in [0.1, 0.15) is 11.6 Å². The van der Waals surface area contributed by atoms with Crippen molar-refractivity contribution in [1.82, 2.24) is 4.90 Å². The third-order valence-electron chi connectivity index (χ3n) is 6.02. The lowest BCUT2D eigenvalue weighted by Gasteiger charge is -2.31. The maximum Gasteiger partial charge on any atom is 0.309 e. The van der Waals surface area contributed by atoms with Gasteiger partial charge in [-0.15, -0.1) is 0 Å². The summed E-state index contributed by atoms with van der Waals surface area (Å²) >= 11 is 0. The minimum absolute atomic E-state index is 0.208. The number of hydrogen-bond donors (Lipinski definition) is 0. The van der Waals surface area contributed by atoms with Crippen molar-refractivity contribution in [3.8, 4) is 0 Å². The Morgan fingerprint density at radius 2 is 1.52 bits per heavy atom. The molecule has 0 atom stereocenters. The fourth-order valence-electron chi connectivity index (χ4n) is 4.03. The van der Waals surface area contributed by atoms with Crippen LogP contribution in [0.4, 0.5) is 8.78 Å². The lowest BCUT2D eigenvalue weighted by atomic mass is 9.96. The van der Waals surface area contributed by atoms with Crippen LogP contribution in [0.15, 0.2) is 18.2 Å². The Morgan fingerprint density at radius 3 is 2.13 bits per heavy atom. The van der Waals surface area contributed by atoms with Crippen molar-refractivity contribution in [1.29, 1.82) is 0 Å². The molecule has 1 aromatic rings. The minimum Gasteiger partial charge on any atom is -0.465 e. The van der Waals surface area contributed by atoms with Crippen LogP contribution in [0, 0.1) is 17.6 Å². The Balaban J connectivity index is 1.56. The smallest absolute Gasteiger partial charge is 0.309 e. The van der Waals surface area contributed by atoms with E-state index in [4.69, 9.17) is 4.74 Å². The Labute approximate surface area is 185 Å². The zero-order valence-corrected chi connectivity index (χ0v) is 18.8. The highest BCUT2D eigenvalue weighted by Crippen LogP contribution is 2.22. The molecule has 4 nitrogen and oxygen atoms in total. The van der Waals surface area contributed by atoms with Crippen LogP contribution in [-0.4, -0.2) is 36.5 Å². The number of esters is 1. The van der Waals surface area contributed by atoms with Crippen molar-refractivity contribution in [3.05, 3.63) is 35.4 Å². The first kappa shape index (κ1) is 25.3. The molecule has 0 saturated carbocycles. The van der Waals surface area contributed by atoms with Crippen LogP contribution in [0.2, 0.25) is 0 Å². The number of amides is 1. The lowest BCUT2D eigenvalue weighted by Crippen LogP contribution is -2.41. The van der Waals surface area contributed by atoms with Gasteiger partial charge >= 0.3 is 5.97 Å². The molecule has 0 spiro atoms. The molecule has 0 N–H and O–H groups in total. The van der Waals surface area contributed by atoms with E-state index in [0.717, 1.165) is 31.0 Å². The van der Waals surface area contributed by atoms with E-state index in [9.17, 15) is 18.4 Å². The fourth-order valence-corrected chi connectivity index (χ4v) is 4.03. The first-order chi connectivity index (χ1) is 15.0. The summed E-state index contributed by atoms with van der Waals surface area (Å²) in [6.07, 6.45) is 13.3. The highest BCUT2D eigenvalue weighted by atomic mass is 19.1. The van der Waals surface area contributed by atoms with E-state index in [1.807, 2.05) is 0 Å². The number of halogens is 2. The van der Waals surface area contributed by atoms with Crippen LogP contribution in [0.5, 0.6) is 0 Å². The quantitative estimate of drug-likeness (QED) is 0.269. The van der Waals surface area contributed by atoms with E-state index < -0.39 is 17.5 Å². The lowest BCUT2D eigenvalue weighted by molar-refractivity contribution is -0.150. The average Bonchev–Trinajstić information content (AvgIpc) is 2.78. The van der Waals surface area contributed by atoms with Gasteiger partial charge in [-0.1, -0.05) is 64.7 Å². The number of likely N-dealkylation sites (tertiary alicyclic amines) is 1. The second-order valence-electron chi connectivity index (χ2n) is 8.54. The van der Waals surface area contributed by atoms with E-state index >= 15 is 0 Å². The molecule has 1 fully saturated rings.